The Morgan fingerprint density at radius 3 is 2.60 bits per heavy atom. The molecule has 90 valence electrons. The van der Waals surface area contributed by atoms with Crippen molar-refractivity contribution >= 4 is 6.09 Å². The summed E-state index contributed by atoms with van der Waals surface area (Å²) in [4.78, 5) is 11.4. The van der Waals surface area contributed by atoms with E-state index in [1.807, 2.05) is 20.8 Å². The van der Waals surface area contributed by atoms with Gasteiger partial charge < -0.3 is 0 Å². The van der Waals surface area contributed by atoms with Crippen molar-refractivity contribution in [1.82, 2.24) is 8.85 Å². The predicted molar refractivity (Wildman–Crippen MR) is 55.2 cm³/mol. The van der Waals surface area contributed by atoms with Gasteiger partial charge in [-0.25, -0.2) is 0 Å². The van der Waals surface area contributed by atoms with Crippen LogP contribution in [0.5, 0.6) is 0 Å². The summed E-state index contributed by atoms with van der Waals surface area (Å²) < 4.78 is 8.75. The number of halogens is 1. The molecule has 0 aliphatic carbocycles. The van der Waals surface area contributed by atoms with Gasteiger partial charge in [-0.15, -0.1) is 0 Å². The molecule has 1 saturated heterocycles. The monoisotopic (exact) mass is 327 g/mol. The molecule has 5 heteroatoms. The Morgan fingerprint density at radius 2 is 2.13 bits per heavy atom. The van der Waals surface area contributed by atoms with Crippen molar-refractivity contribution in [3.63, 3.8) is 0 Å². The molecule has 0 radical (unpaired) electrons. The van der Waals surface area contributed by atoms with Crippen molar-refractivity contribution < 1.29 is 31.0 Å². The third kappa shape index (κ3) is 5.01. The Labute approximate surface area is 102 Å². The summed E-state index contributed by atoms with van der Waals surface area (Å²) in [5.41, 5.74) is -0.395. The zero-order valence-corrected chi connectivity index (χ0v) is 11.9. The molecule has 15 heavy (non-hydrogen) atoms. The average molecular weight is 327 g/mol. The van der Waals surface area contributed by atoms with E-state index in [0.29, 0.717) is 9.84 Å². The maximum absolute atomic E-state index is 11.4. The number of ether oxygens (including phenoxy) is 1. The first-order valence-corrected chi connectivity index (χ1v) is 7.53. The van der Waals surface area contributed by atoms with Crippen LogP contribution >= 0.6 is 0 Å². The fourth-order valence-electron chi connectivity index (χ4n) is 1.34. The van der Waals surface area contributed by atoms with Crippen molar-refractivity contribution in [3.05, 3.63) is 0 Å². The quantitative estimate of drug-likeness (QED) is 0.355. The van der Waals surface area contributed by atoms with Crippen molar-refractivity contribution in [2.45, 2.75) is 37.2 Å². The van der Waals surface area contributed by atoms with E-state index < -0.39 is 5.60 Å². The van der Waals surface area contributed by atoms with Crippen LogP contribution in [0.25, 0.3) is 0 Å². The minimum absolute atomic E-state index is 0.269. The van der Waals surface area contributed by atoms with Gasteiger partial charge in [-0.1, -0.05) is 0 Å². The molecule has 1 rings (SSSR count). The van der Waals surface area contributed by atoms with Crippen LogP contribution in [0.3, 0.4) is 0 Å². The molecule has 1 aliphatic rings. The van der Waals surface area contributed by atoms with Crippen LogP contribution in [0.15, 0.2) is 0 Å². The number of hydrogen-bond acceptors (Lipinski definition) is 3. The van der Waals surface area contributed by atoms with Crippen molar-refractivity contribution in [2.75, 3.05) is 13.1 Å². The maximum atomic E-state index is 11.4. The zero-order valence-electron chi connectivity index (χ0n) is 9.76. The topological polar surface area (TPSA) is 50.4 Å². The van der Waals surface area contributed by atoms with Gasteiger partial charge in [0.05, 0.1) is 0 Å². The predicted octanol–water partition coefficient (Wildman–Crippen LogP) is -1.88. The molecule has 1 amide bonds. The third-order valence-corrected chi connectivity index (χ3v) is 5.31. The molecular formula is C10H20IN2O2-. The second-order valence-electron chi connectivity index (χ2n) is 4.86. The van der Waals surface area contributed by atoms with Crippen LogP contribution in [0.4, 0.5) is 4.79 Å². The Hall–Kier alpha value is -0.0400. The molecule has 0 bridgehead atoms. The zero-order chi connectivity index (χ0) is 11.5. The van der Waals surface area contributed by atoms with Gasteiger partial charge in [0.15, 0.2) is 0 Å². The molecule has 0 aromatic rings. The molecule has 0 aromatic heterocycles. The number of carbonyl (C=O) groups excluding carboxylic acids is 1. The van der Waals surface area contributed by atoms with Crippen LogP contribution < -0.4 is 30.3 Å². The fourth-order valence-corrected chi connectivity index (χ4v) is 3.50. The van der Waals surface area contributed by atoms with Gasteiger partial charge in [-0.05, 0) is 0 Å². The van der Waals surface area contributed by atoms with E-state index in [1.54, 1.807) is 0 Å². The van der Waals surface area contributed by atoms with Gasteiger partial charge >= 0.3 is 102 Å². The molecule has 0 spiro atoms. The van der Waals surface area contributed by atoms with Crippen molar-refractivity contribution in [3.8, 4) is 0 Å². The van der Waals surface area contributed by atoms with Crippen molar-refractivity contribution in [1.29, 1.82) is 0 Å². The molecular weight excluding hydrogens is 307 g/mol. The second kappa shape index (κ2) is 5.34. The standard InChI is InChI=1S/C10H20IN2O2/c1-7-5-12-6-8(7)11-13-9(14)15-10(2,3)4/h7-8,12H,5-6H2,1-4H3,(H,13,14)/q-1/t7?,8-/m0/s1. The normalized spacial score (nSPS) is 26.7. The molecule has 2 N–H and O–H groups in total. The number of rotatable bonds is 2. The van der Waals surface area contributed by atoms with E-state index in [-0.39, 0.29) is 27.6 Å². The van der Waals surface area contributed by atoms with Gasteiger partial charge in [-0.3, -0.25) is 0 Å². The van der Waals surface area contributed by atoms with Gasteiger partial charge in [0.25, 0.3) is 0 Å². The summed E-state index contributed by atoms with van der Waals surface area (Å²) in [6.45, 7) is 9.96. The fraction of sp³-hybridized carbons (Fsp3) is 0.900. The average Bonchev–Trinajstić information content (AvgIpc) is 2.44. The van der Waals surface area contributed by atoms with Crippen LogP contribution in [-0.4, -0.2) is 28.7 Å². The van der Waals surface area contributed by atoms with E-state index >= 15 is 0 Å². The first-order chi connectivity index (χ1) is 6.88. The Kier molecular flexibility index (Phi) is 4.64. The molecule has 0 aromatic carbocycles. The first-order valence-electron chi connectivity index (χ1n) is 5.20. The summed E-state index contributed by atoms with van der Waals surface area (Å²) in [5.74, 6) is 0.674. The number of amides is 1. The van der Waals surface area contributed by atoms with Gasteiger partial charge in [0, 0.05) is 0 Å². The molecule has 1 unspecified atom stereocenters. The van der Waals surface area contributed by atoms with E-state index in [2.05, 4.69) is 15.8 Å². The summed E-state index contributed by atoms with van der Waals surface area (Å²) in [6.07, 6.45) is -0.269. The van der Waals surface area contributed by atoms with Gasteiger partial charge in [-0.2, -0.15) is 0 Å². The van der Waals surface area contributed by atoms with E-state index in [4.69, 9.17) is 4.74 Å². The molecule has 4 nitrogen and oxygen atoms in total. The van der Waals surface area contributed by atoms with Crippen LogP contribution in [-0.2, 0) is 4.74 Å². The number of alkyl halides is 1. The van der Waals surface area contributed by atoms with Gasteiger partial charge in [0.2, 0.25) is 0 Å². The third-order valence-electron chi connectivity index (χ3n) is 2.09. The summed E-state index contributed by atoms with van der Waals surface area (Å²) in [7, 11) is 0. The van der Waals surface area contributed by atoms with Crippen molar-refractivity contribution in [2.24, 2.45) is 5.92 Å². The number of hydrogen-bond donors (Lipinski definition) is 2. The molecule has 1 fully saturated rings. The molecule has 2 atom stereocenters. The molecule has 1 heterocycles. The van der Waals surface area contributed by atoms with Gasteiger partial charge in [0.1, 0.15) is 0 Å². The SMILES string of the molecule is CC1CNC[C@@H]1[I-]NC(=O)OC(C)(C)C. The molecule has 1 aliphatic heterocycles. The first kappa shape index (κ1) is 13.0. The Balaban J connectivity index is 2.22. The Bertz CT molecular complexity index is 228. The summed E-state index contributed by atoms with van der Waals surface area (Å²) in [6, 6.07) is 0. The number of carbonyl (C=O) groups is 1. The van der Waals surface area contributed by atoms with E-state index in [9.17, 15) is 4.79 Å². The number of nitrogens with one attached hydrogen (secondary N) is 2. The van der Waals surface area contributed by atoms with Crippen LogP contribution in [0.2, 0.25) is 0 Å². The minimum atomic E-state index is -0.395. The van der Waals surface area contributed by atoms with E-state index in [0.717, 1.165) is 13.1 Å². The Morgan fingerprint density at radius 1 is 1.47 bits per heavy atom. The van der Waals surface area contributed by atoms with Crippen LogP contribution in [0, 0.1) is 5.92 Å². The second-order valence-corrected chi connectivity index (χ2v) is 7.62. The summed E-state index contributed by atoms with van der Waals surface area (Å²) >= 11 is -0.301. The van der Waals surface area contributed by atoms with Crippen LogP contribution in [0.1, 0.15) is 27.7 Å². The summed E-state index contributed by atoms with van der Waals surface area (Å²) in [5, 5.41) is 3.33. The van der Waals surface area contributed by atoms with E-state index in [1.165, 1.54) is 0 Å². The molecule has 0 saturated carbocycles.